The van der Waals surface area contributed by atoms with Crippen molar-refractivity contribution in [3.8, 4) is 0 Å². The lowest BCUT2D eigenvalue weighted by atomic mass is 10.3. The molecule has 5 nitrogen and oxygen atoms in total. The van der Waals surface area contributed by atoms with Gasteiger partial charge in [-0.15, -0.1) is 0 Å². The minimum Gasteiger partial charge on any atom is -0.380 e. The molecule has 0 aromatic carbocycles. The summed E-state index contributed by atoms with van der Waals surface area (Å²) < 4.78 is 43.9. The Labute approximate surface area is 121 Å². The SMILES string of the molecule is CCCNc1cc(N2CCC(OC)C2)nc(C(F)(F)F)n1. The van der Waals surface area contributed by atoms with Crippen molar-refractivity contribution in [1.29, 1.82) is 0 Å². The molecule has 0 amide bonds. The molecular weight excluding hydrogens is 285 g/mol. The summed E-state index contributed by atoms with van der Waals surface area (Å²) in [6, 6.07) is 1.56. The van der Waals surface area contributed by atoms with Crippen molar-refractivity contribution in [2.45, 2.75) is 32.0 Å². The first-order valence-corrected chi connectivity index (χ1v) is 6.92. The van der Waals surface area contributed by atoms with Gasteiger partial charge in [0.2, 0.25) is 5.82 Å². The number of hydrogen-bond acceptors (Lipinski definition) is 5. The smallest absolute Gasteiger partial charge is 0.380 e. The van der Waals surface area contributed by atoms with Crippen LogP contribution in [-0.4, -0.2) is 42.8 Å². The summed E-state index contributed by atoms with van der Waals surface area (Å²) in [5.41, 5.74) is 0. The number of nitrogens with one attached hydrogen (secondary N) is 1. The van der Waals surface area contributed by atoms with E-state index in [-0.39, 0.29) is 17.7 Å². The Morgan fingerprint density at radius 3 is 2.76 bits per heavy atom. The zero-order chi connectivity index (χ0) is 15.5. The molecule has 1 saturated heterocycles. The second-order valence-electron chi connectivity index (χ2n) is 4.95. The van der Waals surface area contributed by atoms with Crippen molar-refractivity contribution in [2.24, 2.45) is 0 Å². The summed E-state index contributed by atoms with van der Waals surface area (Å²) in [7, 11) is 1.60. The Morgan fingerprint density at radius 2 is 2.19 bits per heavy atom. The van der Waals surface area contributed by atoms with Crippen LogP contribution in [0.4, 0.5) is 24.8 Å². The van der Waals surface area contributed by atoms with Crippen LogP contribution in [0.3, 0.4) is 0 Å². The van der Waals surface area contributed by atoms with Gasteiger partial charge >= 0.3 is 6.18 Å². The van der Waals surface area contributed by atoms with Gasteiger partial charge in [0.25, 0.3) is 0 Å². The quantitative estimate of drug-likeness (QED) is 0.906. The fourth-order valence-electron chi connectivity index (χ4n) is 2.20. The average Bonchev–Trinajstić information content (AvgIpc) is 2.93. The van der Waals surface area contributed by atoms with E-state index in [2.05, 4.69) is 15.3 Å². The van der Waals surface area contributed by atoms with Crippen LogP contribution in [0.5, 0.6) is 0 Å². The van der Waals surface area contributed by atoms with Crippen molar-refractivity contribution >= 4 is 11.6 Å². The molecule has 8 heteroatoms. The van der Waals surface area contributed by atoms with Crippen molar-refractivity contribution in [3.63, 3.8) is 0 Å². The van der Waals surface area contributed by atoms with Gasteiger partial charge in [0, 0.05) is 32.8 Å². The van der Waals surface area contributed by atoms with E-state index in [1.807, 2.05) is 6.92 Å². The van der Waals surface area contributed by atoms with E-state index >= 15 is 0 Å². The van der Waals surface area contributed by atoms with Gasteiger partial charge in [0.05, 0.1) is 6.10 Å². The molecule has 1 aliphatic rings. The summed E-state index contributed by atoms with van der Waals surface area (Å²) in [5, 5.41) is 2.89. The number of nitrogens with zero attached hydrogens (tertiary/aromatic N) is 3. The molecule has 21 heavy (non-hydrogen) atoms. The van der Waals surface area contributed by atoms with Crippen molar-refractivity contribution in [3.05, 3.63) is 11.9 Å². The number of ether oxygens (including phenoxy) is 1. The van der Waals surface area contributed by atoms with Gasteiger partial charge < -0.3 is 15.0 Å². The summed E-state index contributed by atoms with van der Waals surface area (Å²) >= 11 is 0. The number of methoxy groups -OCH3 is 1. The Morgan fingerprint density at radius 1 is 1.43 bits per heavy atom. The molecule has 0 aliphatic carbocycles. The van der Waals surface area contributed by atoms with Crippen LogP contribution in [-0.2, 0) is 10.9 Å². The maximum atomic E-state index is 12.9. The minimum absolute atomic E-state index is 0.0290. The monoisotopic (exact) mass is 304 g/mol. The lowest BCUT2D eigenvalue weighted by molar-refractivity contribution is -0.144. The molecule has 2 rings (SSSR count). The van der Waals surface area contributed by atoms with Gasteiger partial charge in [0.15, 0.2) is 0 Å². The predicted octanol–water partition coefficient (Wildman–Crippen LogP) is 2.54. The Bertz CT molecular complexity index is 481. The van der Waals surface area contributed by atoms with Crippen LogP contribution in [0.1, 0.15) is 25.6 Å². The molecular formula is C13H19F3N4O. The summed E-state index contributed by atoms with van der Waals surface area (Å²) in [6.45, 7) is 3.66. The van der Waals surface area contributed by atoms with Gasteiger partial charge in [-0.3, -0.25) is 0 Å². The number of aromatic nitrogens is 2. The predicted molar refractivity (Wildman–Crippen MR) is 73.4 cm³/mol. The van der Waals surface area contributed by atoms with Gasteiger partial charge in [-0.1, -0.05) is 6.92 Å². The highest BCUT2D eigenvalue weighted by atomic mass is 19.4. The lowest BCUT2D eigenvalue weighted by Gasteiger charge is -2.19. The second kappa shape index (κ2) is 6.46. The van der Waals surface area contributed by atoms with Gasteiger partial charge in [-0.25, -0.2) is 9.97 Å². The third-order valence-electron chi connectivity index (χ3n) is 3.32. The number of rotatable bonds is 5. The molecule has 1 N–H and O–H groups in total. The standard InChI is InChI=1S/C13H19F3N4O/c1-3-5-17-10-7-11(19-12(18-10)13(14,15)16)20-6-4-9(8-20)21-2/h7,9H,3-6,8H2,1-2H3,(H,17,18,19). The molecule has 1 aromatic rings. The van der Waals surface area contributed by atoms with E-state index < -0.39 is 12.0 Å². The molecule has 2 heterocycles. The lowest BCUT2D eigenvalue weighted by Crippen LogP contribution is -2.25. The maximum Gasteiger partial charge on any atom is 0.451 e. The molecule has 0 spiro atoms. The zero-order valence-corrected chi connectivity index (χ0v) is 12.1. The normalized spacial score (nSPS) is 19.1. The van der Waals surface area contributed by atoms with Crippen LogP contribution in [0.25, 0.3) is 0 Å². The first-order chi connectivity index (χ1) is 9.94. The van der Waals surface area contributed by atoms with Gasteiger partial charge in [-0.2, -0.15) is 13.2 Å². The largest absolute Gasteiger partial charge is 0.451 e. The average molecular weight is 304 g/mol. The molecule has 1 unspecified atom stereocenters. The molecule has 1 atom stereocenters. The van der Waals surface area contributed by atoms with Crippen molar-refractivity contribution < 1.29 is 17.9 Å². The minimum atomic E-state index is -4.56. The summed E-state index contributed by atoms with van der Waals surface area (Å²) in [4.78, 5) is 9.00. The number of hydrogen-bond donors (Lipinski definition) is 1. The Hall–Kier alpha value is -1.57. The molecule has 0 radical (unpaired) electrons. The van der Waals surface area contributed by atoms with E-state index in [1.165, 1.54) is 0 Å². The number of anilines is 2. The second-order valence-corrected chi connectivity index (χ2v) is 4.95. The van der Waals surface area contributed by atoms with Crippen LogP contribution in [0.15, 0.2) is 6.07 Å². The van der Waals surface area contributed by atoms with E-state index in [4.69, 9.17) is 4.74 Å². The van der Waals surface area contributed by atoms with E-state index in [0.717, 1.165) is 12.8 Å². The van der Waals surface area contributed by atoms with Gasteiger partial charge in [0.1, 0.15) is 11.6 Å². The number of halogens is 3. The van der Waals surface area contributed by atoms with Gasteiger partial charge in [-0.05, 0) is 12.8 Å². The third-order valence-corrected chi connectivity index (χ3v) is 3.32. The Balaban J connectivity index is 2.27. The molecule has 118 valence electrons. The van der Waals surface area contributed by atoms with E-state index in [0.29, 0.717) is 19.6 Å². The fraction of sp³-hybridized carbons (Fsp3) is 0.692. The molecule has 1 aromatic heterocycles. The topological polar surface area (TPSA) is 50.3 Å². The summed E-state index contributed by atoms with van der Waals surface area (Å²) in [5.74, 6) is -0.620. The fourth-order valence-corrected chi connectivity index (χ4v) is 2.20. The third kappa shape index (κ3) is 3.96. The van der Waals surface area contributed by atoms with Crippen molar-refractivity contribution in [1.82, 2.24) is 9.97 Å². The van der Waals surface area contributed by atoms with Crippen LogP contribution in [0, 0.1) is 0 Å². The summed E-state index contributed by atoms with van der Waals surface area (Å²) in [6.07, 6.45) is -2.95. The highest BCUT2D eigenvalue weighted by molar-refractivity contribution is 5.50. The van der Waals surface area contributed by atoms with Crippen LogP contribution < -0.4 is 10.2 Å². The molecule has 0 bridgehead atoms. The molecule has 1 aliphatic heterocycles. The first kappa shape index (κ1) is 15.8. The highest BCUT2D eigenvalue weighted by Gasteiger charge is 2.36. The molecule has 1 fully saturated rings. The zero-order valence-electron chi connectivity index (χ0n) is 12.1. The first-order valence-electron chi connectivity index (χ1n) is 6.92. The Kier molecular flexibility index (Phi) is 4.87. The van der Waals surface area contributed by atoms with Crippen LogP contribution in [0.2, 0.25) is 0 Å². The molecule has 0 saturated carbocycles. The number of alkyl halides is 3. The highest BCUT2D eigenvalue weighted by Crippen LogP contribution is 2.30. The van der Waals surface area contributed by atoms with Crippen LogP contribution >= 0.6 is 0 Å². The van der Waals surface area contributed by atoms with E-state index in [9.17, 15) is 13.2 Å². The van der Waals surface area contributed by atoms with Crippen molar-refractivity contribution in [2.75, 3.05) is 37.0 Å². The van der Waals surface area contributed by atoms with E-state index in [1.54, 1.807) is 18.1 Å². The maximum absolute atomic E-state index is 12.9.